The zero-order valence-electron chi connectivity index (χ0n) is 21.5. The van der Waals surface area contributed by atoms with E-state index in [1.54, 1.807) is 4.57 Å². The quantitative estimate of drug-likeness (QED) is 0.199. The number of halogens is 3. The van der Waals surface area contributed by atoms with Gasteiger partial charge in [-0.05, 0) is 63.8 Å². The molecule has 0 unspecified atom stereocenters. The minimum absolute atomic E-state index is 0.246. The Morgan fingerprint density at radius 1 is 1.05 bits per heavy atom. The number of thiazole rings is 1. The number of fused-ring (bicyclic) bond motifs is 1. The highest BCUT2D eigenvalue weighted by Gasteiger charge is 2.33. The van der Waals surface area contributed by atoms with E-state index in [0.29, 0.717) is 39.4 Å². The van der Waals surface area contributed by atoms with Gasteiger partial charge in [-0.25, -0.2) is 9.79 Å². The molecular formula is C30H23Br3N2O4S. The van der Waals surface area contributed by atoms with Gasteiger partial charge in [-0.3, -0.25) is 9.36 Å². The van der Waals surface area contributed by atoms with Crippen LogP contribution in [0.5, 0.6) is 5.75 Å². The third kappa shape index (κ3) is 5.81. The lowest BCUT2D eigenvalue weighted by atomic mass is 9.95. The van der Waals surface area contributed by atoms with Gasteiger partial charge >= 0.3 is 5.97 Å². The molecule has 1 aliphatic rings. The number of carbonyl (C=O) groups is 1. The lowest BCUT2D eigenvalue weighted by Crippen LogP contribution is -2.40. The molecule has 40 heavy (non-hydrogen) atoms. The maximum atomic E-state index is 14.0. The van der Waals surface area contributed by atoms with Crippen LogP contribution in [0.25, 0.3) is 6.08 Å². The van der Waals surface area contributed by atoms with Crippen molar-refractivity contribution in [3.63, 3.8) is 0 Å². The molecule has 3 aromatic carbocycles. The Labute approximate surface area is 260 Å². The van der Waals surface area contributed by atoms with Crippen LogP contribution >= 0.6 is 59.1 Å². The Morgan fingerprint density at radius 2 is 1.77 bits per heavy atom. The number of nitrogens with zero attached hydrogens (tertiary/aromatic N) is 2. The number of hydrogen-bond acceptors (Lipinski definition) is 6. The van der Waals surface area contributed by atoms with Crippen molar-refractivity contribution < 1.29 is 14.3 Å². The molecule has 10 heteroatoms. The highest BCUT2D eigenvalue weighted by atomic mass is 79.9. The summed E-state index contributed by atoms with van der Waals surface area (Å²) in [4.78, 5) is 32.2. The van der Waals surface area contributed by atoms with Crippen LogP contribution in [0.1, 0.15) is 36.1 Å². The van der Waals surface area contributed by atoms with E-state index in [1.807, 2.05) is 79.7 Å². The first kappa shape index (κ1) is 28.7. The molecule has 1 atom stereocenters. The Kier molecular flexibility index (Phi) is 8.89. The fraction of sp³-hybridized carbons (Fsp3) is 0.167. The predicted molar refractivity (Wildman–Crippen MR) is 167 cm³/mol. The Balaban J connectivity index is 1.66. The molecule has 1 aromatic heterocycles. The van der Waals surface area contributed by atoms with Crippen molar-refractivity contribution >= 4 is 71.2 Å². The van der Waals surface area contributed by atoms with Crippen LogP contribution in [0.3, 0.4) is 0 Å². The number of carbonyl (C=O) groups excluding carboxylic acids is 1. The fourth-order valence-electron chi connectivity index (χ4n) is 4.53. The molecule has 0 aliphatic carbocycles. The Morgan fingerprint density at radius 3 is 2.45 bits per heavy atom. The van der Waals surface area contributed by atoms with E-state index in [-0.39, 0.29) is 5.56 Å². The van der Waals surface area contributed by atoms with Crippen molar-refractivity contribution in [1.82, 2.24) is 4.57 Å². The summed E-state index contributed by atoms with van der Waals surface area (Å²) in [5.74, 6) is 0.115. The van der Waals surface area contributed by atoms with Gasteiger partial charge in [0, 0.05) is 14.5 Å². The number of esters is 1. The summed E-state index contributed by atoms with van der Waals surface area (Å²) < 4.78 is 16.0. The molecule has 0 amide bonds. The lowest BCUT2D eigenvalue weighted by Gasteiger charge is -2.25. The molecule has 0 spiro atoms. The van der Waals surface area contributed by atoms with Gasteiger partial charge in [-0.2, -0.15) is 0 Å². The first-order chi connectivity index (χ1) is 19.3. The molecule has 0 N–H and O–H groups in total. The fourth-order valence-corrected chi connectivity index (χ4v) is 7.18. The van der Waals surface area contributed by atoms with Crippen molar-refractivity contribution in [1.29, 1.82) is 0 Å². The van der Waals surface area contributed by atoms with Gasteiger partial charge < -0.3 is 9.47 Å². The third-order valence-electron chi connectivity index (χ3n) is 6.39. The van der Waals surface area contributed by atoms with Gasteiger partial charge in [-0.1, -0.05) is 92.6 Å². The van der Waals surface area contributed by atoms with E-state index in [1.165, 1.54) is 18.4 Å². The van der Waals surface area contributed by atoms with E-state index in [4.69, 9.17) is 14.5 Å². The van der Waals surface area contributed by atoms with Gasteiger partial charge in [0.15, 0.2) is 4.80 Å². The summed E-state index contributed by atoms with van der Waals surface area (Å²) in [5.41, 5.74) is 3.27. The summed E-state index contributed by atoms with van der Waals surface area (Å²) >= 11 is 11.9. The van der Waals surface area contributed by atoms with Crippen molar-refractivity contribution in [2.75, 3.05) is 7.11 Å². The lowest BCUT2D eigenvalue weighted by molar-refractivity contribution is -0.136. The smallest absolute Gasteiger partial charge is 0.338 e. The zero-order valence-corrected chi connectivity index (χ0v) is 27.1. The second-order valence-electron chi connectivity index (χ2n) is 8.92. The summed E-state index contributed by atoms with van der Waals surface area (Å²) in [6.45, 7) is 2.29. The standard InChI is InChI=1S/C30H23Br3N2O4S/c1-3-23-25(29(37)38-2)26(18-7-5-4-6-8-18)35-28(36)24(40-30(35)34-23)14-19-13-21(32)15-22(33)27(19)39-16-17-9-11-20(31)12-10-17/h4-15,26H,3,16H2,1-2H3/b24-14+/t26-/m0/s1. The number of allylic oxidation sites excluding steroid dienone is 1. The van der Waals surface area contributed by atoms with E-state index < -0.39 is 12.0 Å². The predicted octanol–water partition coefficient (Wildman–Crippen LogP) is 6.66. The first-order valence-corrected chi connectivity index (χ1v) is 15.5. The van der Waals surface area contributed by atoms with Crippen molar-refractivity contribution in [3.05, 3.63) is 128 Å². The molecule has 0 saturated carbocycles. The number of benzene rings is 3. The Hall–Kier alpha value is -2.79. The van der Waals surface area contributed by atoms with Gasteiger partial charge in [0.05, 0.1) is 33.4 Å². The number of ether oxygens (including phenoxy) is 2. The van der Waals surface area contributed by atoms with Crippen LogP contribution < -0.4 is 19.6 Å². The SMILES string of the molecule is CCC1=C(C(=O)OC)[C@H](c2ccccc2)n2c(s/c(=C/c3cc(Br)cc(Br)c3OCc3ccc(Br)cc3)c2=O)=N1. The molecule has 0 bridgehead atoms. The van der Waals surface area contributed by atoms with Crippen LogP contribution in [0.2, 0.25) is 0 Å². The summed E-state index contributed by atoms with van der Waals surface area (Å²) in [5, 5.41) is 0. The molecule has 5 rings (SSSR count). The molecule has 2 heterocycles. The number of methoxy groups -OCH3 is 1. The van der Waals surface area contributed by atoms with Crippen LogP contribution in [0, 0.1) is 0 Å². The molecule has 0 radical (unpaired) electrons. The molecule has 204 valence electrons. The maximum Gasteiger partial charge on any atom is 0.338 e. The van der Waals surface area contributed by atoms with Crippen molar-refractivity contribution in [2.45, 2.75) is 26.0 Å². The second-order valence-corrected chi connectivity index (χ2v) is 12.6. The Bertz CT molecular complexity index is 1800. The topological polar surface area (TPSA) is 69.9 Å². The highest BCUT2D eigenvalue weighted by molar-refractivity contribution is 9.11. The third-order valence-corrected chi connectivity index (χ3v) is 8.94. The van der Waals surface area contributed by atoms with E-state index >= 15 is 0 Å². The van der Waals surface area contributed by atoms with Gasteiger partial charge in [0.2, 0.25) is 0 Å². The number of hydrogen-bond donors (Lipinski definition) is 0. The number of rotatable bonds is 7. The van der Waals surface area contributed by atoms with Gasteiger partial charge in [-0.15, -0.1) is 0 Å². The van der Waals surface area contributed by atoms with Crippen molar-refractivity contribution in [3.8, 4) is 5.75 Å². The summed E-state index contributed by atoms with van der Waals surface area (Å²) in [6, 6.07) is 20.6. The normalized spacial score (nSPS) is 15.0. The van der Waals surface area contributed by atoms with Crippen LogP contribution in [-0.2, 0) is 16.1 Å². The van der Waals surface area contributed by atoms with E-state index in [9.17, 15) is 9.59 Å². The minimum atomic E-state index is -0.649. The average molecular weight is 747 g/mol. The zero-order chi connectivity index (χ0) is 28.4. The first-order valence-electron chi connectivity index (χ1n) is 12.3. The monoisotopic (exact) mass is 744 g/mol. The average Bonchev–Trinajstić information content (AvgIpc) is 3.26. The van der Waals surface area contributed by atoms with Crippen LogP contribution in [0.15, 0.2) is 101 Å². The molecule has 1 aliphatic heterocycles. The summed E-state index contributed by atoms with van der Waals surface area (Å²) in [6.07, 6.45) is 2.33. The van der Waals surface area contributed by atoms with E-state index in [2.05, 4.69) is 47.8 Å². The molecule has 4 aromatic rings. The molecule has 6 nitrogen and oxygen atoms in total. The van der Waals surface area contributed by atoms with E-state index in [0.717, 1.165) is 30.1 Å². The van der Waals surface area contributed by atoms with Gasteiger partial charge in [0.1, 0.15) is 12.4 Å². The van der Waals surface area contributed by atoms with Crippen LogP contribution in [-0.4, -0.2) is 17.6 Å². The summed E-state index contributed by atoms with van der Waals surface area (Å²) in [7, 11) is 1.34. The number of aromatic nitrogens is 1. The molecular weight excluding hydrogens is 724 g/mol. The van der Waals surface area contributed by atoms with Gasteiger partial charge in [0.25, 0.3) is 5.56 Å². The highest BCUT2D eigenvalue weighted by Crippen LogP contribution is 2.35. The van der Waals surface area contributed by atoms with Crippen molar-refractivity contribution in [2.24, 2.45) is 4.99 Å². The minimum Gasteiger partial charge on any atom is -0.487 e. The molecule has 0 fully saturated rings. The molecule has 0 saturated heterocycles. The largest absolute Gasteiger partial charge is 0.487 e. The second kappa shape index (κ2) is 12.4. The van der Waals surface area contributed by atoms with Crippen LogP contribution in [0.4, 0.5) is 0 Å². The maximum absolute atomic E-state index is 14.0.